The van der Waals surface area contributed by atoms with Gasteiger partial charge in [0.25, 0.3) is 0 Å². The van der Waals surface area contributed by atoms with Gasteiger partial charge in [0.1, 0.15) is 0 Å². The minimum atomic E-state index is -1.76. The number of aromatic nitrogens is 2. The lowest BCUT2D eigenvalue weighted by Gasteiger charge is -2.60. The van der Waals surface area contributed by atoms with Crippen LogP contribution in [0.2, 0.25) is 0 Å². The summed E-state index contributed by atoms with van der Waals surface area (Å²) in [6.45, 7) is 0. The van der Waals surface area contributed by atoms with Crippen molar-refractivity contribution in [3.8, 4) is 11.1 Å². The van der Waals surface area contributed by atoms with E-state index in [0.29, 0.717) is 0 Å². The standard InChI is InChI=1S/C18H11BrN2.B73/c19-16-6-2-1-5-14(16)12-7-8-15-17(10-12)21-11-13-4-3-9-20-18(13)15;1-38-57(39(2)3)66(56(36)37)71(67(58(40(4)5)41(6)7)59(42(8)9)43(10)11)73(70(64(52(28)29)53(30)31)65(54(32)33)55(34)35)72(68(60(44(12)13)45(14)15)61(46(16)17)47(18)19)69(62(48(20)21)49(22)23)63(50(24)25)51(26)27/h1-11H;. The first kappa shape index (κ1) is 90.7. The summed E-state index contributed by atoms with van der Waals surface area (Å²) < 4.78 is 1.09. The van der Waals surface area contributed by atoms with Gasteiger partial charge in [0, 0.05) is 544 Å². The van der Waals surface area contributed by atoms with Crippen LogP contribution in [0.3, 0.4) is 0 Å². The Hall–Kier alpha value is 2.48. The molecule has 2 aromatic heterocycles. The normalized spacial score (nSPS) is 10.1. The van der Waals surface area contributed by atoms with Crippen molar-refractivity contribution in [3.63, 3.8) is 0 Å². The van der Waals surface area contributed by atoms with Crippen LogP contribution in [0.5, 0.6) is 0 Å². The Kier molecular flexibility index (Phi) is 40.5. The average Bonchev–Trinajstić information content (AvgIpc) is 0.721. The maximum Gasteiger partial charge on any atom is 0.0811 e. The second kappa shape index (κ2) is 42.0. The largest absolute Gasteiger partial charge is 0.255 e. The van der Waals surface area contributed by atoms with Gasteiger partial charge in [-0.25, -0.2) is 0 Å². The molecular formula is C18H11B73BrN2. The van der Waals surface area contributed by atoms with Gasteiger partial charge in [-0.2, -0.15) is 0 Å². The van der Waals surface area contributed by atoms with E-state index in [-0.39, 0.29) is 0 Å². The van der Waals surface area contributed by atoms with Crippen molar-refractivity contribution < 1.29 is 0 Å². The molecular weight excluding hydrogens is 1110 g/mol. The number of benzene rings is 2. The quantitative estimate of drug-likeness (QED) is 0.0335. The van der Waals surface area contributed by atoms with E-state index in [2.05, 4.69) is 56.2 Å². The van der Waals surface area contributed by atoms with E-state index in [4.69, 9.17) is 286 Å². The summed E-state index contributed by atoms with van der Waals surface area (Å²) in [6.07, 6.45) is -51.4. The maximum atomic E-state index is 7.02. The summed E-state index contributed by atoms with van der Waals surface area (Å²) in [7, 11) is 252. The summed E-state index contributed by atoms with van der Waals surface area (Å²) in [6, 6.07) is 18.5. The van der Waals surface area contributed by atoms with E-state index in [1.807, 2.05) is 36.7 Å². The Labute approximate surface area is 640 Å². The zero-order valence-corrected chi connectivity index (χ0v) is 54.9. The molecule has 2 heterocycles. The lowest BCUT2D eigenvalue weighted by Crippen LogP contribution is -2.99. The van der Waals surface area contributed by atoms with Crippen molar-refractivity contribution in [3.05, 3.63) is 71.5 Å². The first-order valence-electron chi connectivity index (χ1n) is 30.7. The lowest BCUT2D eigenvalue weighted by molar-refractivity contribution is 1.38. The minimum Gasteiger partial charge on any atom is -0.255 e. The summed E-state index contributed by atoms with van der Waals surface area (Å²) in [4.78, 5) is 9.05. The van der Waals surface area contributed by atoms with Gasteiger partial charge >= 0.3 is 0 Å². The van der Waals surface area contributed by atoms with Gasteiger partial charge in [-0.15, -0.1) is 0 Å². The summed E-state index contributed by atoms with van der Waals surface area (Å²) in [5.74, 6) is 0. The molecule has 0 amide bonds. The van der Waals surface area contributed by atoms with Crippen molar-refractivity contribution >= 4 is 555 Å². The molecule has 0 aliphatic carbocycles. The monoisotopic (exact) mass is 1140 g/mol. The fourth-order valence-electron chi connectivity index (χ4n) is 15.4. The van der Waals surface area contributed by atoms with E-state index >= 15 is 0 Å². The highest BCUT2D eigenvalue weighted by molar-refractivity contribution is 9.10. The Morgan fingerprint density at radius 3 is 0.830 bits per heavy atom. The molecule has 4 aromatic rings. The van der Waals surface area contributed by atoms with Crippen LogP contribution in [-0.4, -0.2) is 527 Å². The van der Waals surface area contributed by atoms with Gasteiger partial charge in [-0.05, 0) is 41.5 Å². The van der Waals surface area contributed by atoms with E-state index in [0.717, 1.165) is 38.9 Å². The van der Waals surface area contributed by atoms with Crippen molar-refractivity contribution in [1.29, 1.82) is 0 Å². The Balaban J connectivity index is 0.000000902. The van der Waals surface area contributed by atoms with E-state index in [1.165, 1.54) is 5.56 Å². The van der Waals surface area contributed by atoms with Crippen LogP contribution < -0.4 is 0 Å². The molecule has 4 rings (SSSR count). The minimum absolute atomic E-state index is 0.967. The molecule has 2 nitrogen and oxygen atoms in total. The zero-order chi connectivity index (χ0) is 72.1. The SMILES string of the molecule is Brc1ccccc1-c1ccc2c(c1)ncc1cccnc12.[B][B]B(B([B])[B])B(B([B])[B])B(B(B(B([B])[B])B([B])[B])B(B([B])[B])B([B])[B])B(B(B(B([B])[B])B([B])[B])B(B([B])[B])B([B])[B])B(B(B(B([B])[B])B([B])[B])B(B([B])[B])B([B])[B])B(B(B([B])[B])B([B])[B])B(B([B])[B])B([B])[B]. The smallest absolute Gasteiger partial charge is 0.0811 e. The molecule has 0 unspecified atom stereocenters. The third kappa shape index (κ3) is 23.2. The molecule has 75 radical (unpaired) electrons. The number of nitrogens with zero attached hydrogens (tertiary/aromatic N) is 2. The number of pyridine rings is 2. The van der Waals surface area contributed by atoms with Crippen LogP contribution in [0.25, 0.3) is 32.9 Å². The number of rotatable bonds is 36. The number of hydrogen-bond donors (Lipinski definition) is 0. The molecule has 2 aromatic carbocycles. The number of halogens is 1. The highest BCUT2D eigenvalue weighted by Gasteiger charge is 2.65. The third-order valence-corrected chi connectivity index (χ3v) is 19.6. The van der Waals surface area contributed by atoms with Crippen molar-refractivity contribution in [2.75, 3.05) is 0 Å². The summed E-state index contributed by atoms with van der Waals surface area (Å²) in [5.41, 5.74) is 4.29. The summed E-state index contributed by atoms with van der Waals surface area (Å²) in [5, 5.41) is 2.16. The first-order chi connectivity index (χ1) is 43.6. The van der Waals surface area contributed by atoms with Gasteiger partial charge in [-0.3, -0.25) is 9.97 Å². The second-order valence-corrected chi connectivity index (χ2v) is 26.2. The van der Waals surface area contributed by atoms with Gasteiger partial charge in [0.05, 0.1) is 11.0 Å². The number of hydrogen-bond acceptors (Lipinski definition) is 2. The first-order valence-corrected chi connectivity index (χ1v) is 31.5. The zero-order valence-electron chi connectivity index (χ0n) is 53.3. The van der Waals surface area contributed by atoms with Crippen molar-refractivity contribution in [1.82, 2.24) is 9.97 Å². The molecule has 0 spiro atoms. The third-order valence-electron chi connectivity index (χ3n) is 19.0. The Morgan fingerprint density at radius 1 is 0.287 bits per heavy atom. The van der Waals surface area contributed by atoms with E-state index < -0.39 is 223 Å². The maximum absolute atomic E-state index is 7.02. The molecule has 0 saturated carbocycles. The van der Waals surface area contributed by atoms with Gasteiger partial charge in [-0.1, -0.05) is 40.2 Å². The molecule has 0 bridgehead atoms. The molecule has 0 atom stereocenters. The van der Waals surface area contributed by atoms with Crippen LogP contribution >= 0.6 is 15.9 Å². The predicted molar refractivity (Wildman–Crippen MR) is 510 cm³/mol. The molecule has 94 heavy (non-hydrogen) atoms. The molecule has 76 heteroatoms. The molecule has 0 aliphatic rings. The van der Waals surface area contributed by atoms with E-state index in [1.54, 1.807) is 0 Å². The topological polar surface area (TPSA) is 25.8 Å². The van der Waals surface area contributed by atoms with Crippen LogP contribution in [0.1, 0.15) is 0 Å². The predicted octanol–water partition coefficient (Wildman–Crippen LogP) is -22.6. The van der Waals surface area contributed by atoms with Crippen LogP contribution in [0.4, 0.5) is 0 Å². The second-order valence-electron chi connectivity index (χ2n) is 25.3. The molecule has 0 saturated heterocycles. The Bertz CT molecular complexity index is 2600. The van der Waals surface area contributed by atoms with E-state index in [9.17, 15) is 0 Å². The molecule has 319 valence electrons. The van der Waals surface area contributed by atoms with Gasteiger partial charge in [0.2, 0.25) is 0 Å². The van der Waals surface area contributed by atoms with Gasteiger partial charge in [0.15, 0.2) is 0 Å². The van der Waals surface area contributed by atoms with Gasteiger partial charge < -0.3 is 0 Å². The highest BCUT2D eigenvalue weighted by atomic mass is 79.9. The molecule has 0 N–H and O–H groups in total. The summed E-state index contributed by atoms with van der Waals surface area (Å²) >= 11 is 3.60. The molecule has 0 aliphatic heterocycles. The number of fused-ring (bicyclic) bond motifs is 3. The Morgan fingerprint density at radius 2 is 0.564 bits per heavy atom. The van der Waals surface area contributed by atoms with Crippen molar-refractivity contribution in [2.24, 2.45) is 0 Å². The van der Waals surface area contributed by atoms with Crippen LogP contribution in [0.15, 0.2) is 71.5 Å². The molecule has 0 fully saturated rings. The van der Waals surface area contributed by atoms with Crippen LogP contribution in [0, 0.1) is 0 Å². The average molecular weight is 1120 g/mol. The highest BCUT2D eigenvalue weighted by Crippen LogP contribution is 2.32. The van der Waals surface area contributed by atoms with Crippen molar-refractivity contribution in [2.45, 2.75) is 0 Å². The lowest BCUT2D eigenvalue weighted by atomic mass is 8.21. The fourth-order valence-corrected chi connectivity index (χ4v) is 15.9. The fraction of sp³-hybridized carbons (Fsp3) is 0. The van der Waals surface area contributed by atoms with Crippen LogP contribution in [-0.2, 0) is 0 Å².